The van der Waals surface area contributed by atoms with Crippen LogP contribution in [0.25, 0.3) is 0 Å². The number of ketones is 1. The number of Topliss-reactive ketones (excluding diaryl/α,β-unsaturated/α-hetero) is 1. The van der Waals surface area contributed by atoms with Gasteiger partial charge in [0.2, 0.25) is 0 Å². The second-order valence-corrected chi connectivity index (χ2v) is 12.1. The first-order valence-corrected chi connectivity index (χ1v) is 14.8. The smallest absolute Gasteiger partial charge is 0.416 e. The molecule has 2 aromatic rings. The average molecular weight is 592 g/mol. The first kappa shape index (κ1) is 31.9. The minimum Gasteiger partial charge on any atom is -0.469 e. The molecule has 1 aromatic heterocycles. The van der Waals surface area contributed by atoms with Crippen LogP contribution in [0.1, 0.15) is 93.8 Å². The molecule has 0 unspecified atom stereocenters. The minimum atomic E-state index is -0.554. The second kappa shape index (κ2) is 14.8. The standard InChI is InChI=1S/C31H40Cl2N2O5/c1-31(2,3)40-30(38)35-19-11-13-21-17-18-23(34-28(21)35)14-9-7-5-6-8-12-22(29(37)39-4)20-26(36)27-24(32)15-10-16-25(27)33/h10,15-18,22H,5-9,11-14,19-20H2,1-4H3/t22-/m1/s1. The molecule has 9 heteroatoms. The number of aryl methyl sites for hydroxylation is 2. The molecular formula is C31H40Cl2N2O5. The fourth-order valence-electron chi connectivity index (χ4n) is 4.90. The molecule has 218 valence electrons. The Kier molecular flexibility index (Phi) is 11.8. The van der Waals surface area contributed by atoms with E-state index < -0.39 is 17.5 Å². The number of fused-ring (bicyclic) bond motifs is 1. The lowest BCUT2D eigenvalue weighted by Crippen LogP contribution is -2.40. The van der Waals surface area contributed by atoms with Crippen LogP contribution in [0, 0.1) is 5.92 Å². The summed E-state index contributed by atoms with van der Waals surface area (Å²) in [5.41, 5.74) is 1.75. The van der Waals surface area contributed by atoms with Gasteiger partial charge in [0.25, 0.3) is 0 Å². The van der Waals surface area contributed by atoms with E-state index in [1.165, 1.54) is 7.11 Å². The Morgan fingerprint density at radius 1 is 1.00 bits per heavy atom. The number of ether oxygens (including phenoxy) is 2. The van der Waals surface area contributed by atoms with Gasteiger partial charge < -0.3 is 9.47 Å². The van der Waals surface area contributed by atoms with E-state index in [4.69, 9.17) is 37.7 Å². The number of benzene rings is 1. The van der Waals surface area contributed by atoms with Crippen molar-refractivity contribution in [1.82, 2.24) is 4.98 Å². The number of nitrogens with zero attached hydrogens (tertiary/aromatic N) is 2. The van der Waals surface area contributed by atoms with Gasteiger partial charge in [0.15, 0.2) is 5.78 Å². The molecule has 1 aliphatic rings. The van der Waals surface area contributed by atoms with Crippen LogP contribution >= 0.6 is 23.2 Å². The number of amides is 1. The Morgan fingerprint density at radius 2 is 1.68 bits per heavy atom. The SMILES string of the molecule is COC(=O)[C@H](CCCCCCCc1ccc2c(n1)N(C(=O)OC(C)(C)C)CCC2)CC(=O)c1c(Cl)cccc1Cl. The van der Waals surface area contributed by atoms with Gasteiger partial charge >= 0.3 is 12.1 Å². The van der Waals surface area contributed by atoms with Crippen LogP contribution in [0.2, 0.25) is 10.0 Å². The normalized spacial score (nSPS) is 13.9. The highest BCUT2D eigenvalue weighted by Crippen LogP contribution is 2.29. The van der Waals surface area contributed by atoms with Crippen molar-refractivity contribution in [2.45, 2.75) is 90.6 Å². The topological polar surface area (TPSA) is 85.8 Å². The third kappa shape index (κ3) is 9.20. The summed E-state index contributed by atoms with van der Waals surface area (Å²) in [5.74, 6) is -0.457. The molecule has 1 aromatic carbocycles. The summed E-state index contributed by atoms with van der Waals surface area (Å²) < 4.78 is 10.5. The first-order chi connectivity index (χ1) is 19.0. The Labute approximate surface area is 247 Å². The fourth-order valence-corrected chi connectivity index (χ4v) is 5.51. The molecule has 0 radical (unpaired) electrons. The molecule has 0 spiro atoms. The predicted molar refractivity (Wildman–Crippen MR) is 158 cm³/mol. The molecule has 1 aliphatic heterocycles. The minimum absolute atomic E-state index is 0.0143. The number of unbranched alkanes of at least 4 members (excludes halogenated alkanes) is 4. The van der Waals surface area contributed by atoms with Crippen molar-refractivity contribution in [3.63, 3.8) is 0 Å². The van der Waals surface area contributed by atoms with Crippen LogP contribution in [0.15, 0.2) is 30.3 Å². The number of carbonyl (C=O) groups is 3. The number of anilines is 1. The summed E-state index contributed by atoms with van der Waals surface area (Å²) in [7, 11) is 1.34. The van der Waals surface area contributed by atoms with Crippen LogP contribution in [0.3, 0.4) is 0 Å². The molecule has 7 nitrogen and oxygen atoms in total. The molecule has 0 saturated heterocycles. The summed E-state index contributed by atoms with van der Waals surface area (Å²) in [6, 6.07) is 9.05. The van der Waals surface area contributed by atoms with Gasteiger partial charge in [0, 0.05) is 18.7 Å². The number of methoxy groups -OCH3 is 1. The predicted octanol–water partition coefficient (Wildman–Crippen LogP) is 8.02. The molecular weight excluding hydrogens is 551 g/mol. The Bertz CT molecular complexity index is 1170. The van der Waals surface area contributed by atoms with Crippen LogP contribution in [-0.2, 0) is 27.1 Å². The third-order valence-electron chi connectivity index (χ3n) is 6.90. The molecule has 1 amide bonds. The van der Waals surface area contributed by atoms with E-state index >= 15 is 0 Å². The number of aromatic nitrogens is 1. The Hall–Kier alpha value is -2.64. The van der Waals surface area contributed by atoms with Crippen molar-refractivity contribution < 1.29 is 23.9 Å². The second-order valence-electron chi connectivity index (χ2n) is 11.3. The Balaban J connectivity index is 1.45. The van der Waals surface area contributed by atoms with E-state index in [1.807, 2.05) is 20.8 Å². The summed E-state index contributed by atoms with van der Waals surface area (Å²) in [6.45, 7) is 6.21. The molecule has 1 atom stereocenters. The lowest BCUT2D eigenvalue weighted by atomic mass is 9.92. The summed E-state index contributed by atoms with van der Waals surface area (Å²) >= 11 is 12.3. The quantitative estimate of drug-likeness (QED) is 0.141. The van der Waals surface area contributed by atoms with Gasteiger partial charge in [-0.15, -0.1) is 0 Å². The molecule has 3 rings (SSSR count). The molecule has 0 N–H and O–H groups in total. The highest BCUT2D eigenvalue weighted by Gasteiger charge is 2.29. The number of pyridine rings is 1. The maximum absolute atomic E-state index is 12.8. The molecule has 0 aliphatic carbocycles. The van der Waals surface area contributed by atoms with E-state index in [0.717, 1.165) is 68.4 Å². The number of halogens is 2. The molecule has 2 heterocycles. The lowest BCUT2D eigenvalue weighted by molar-refractivity contribution is -0.145. The average Bonchev–Trinajstić information content (AvgIpc) is 2.89. The monoisotopic (exact) mass is 590 g/mol. The van der Waals surface area contributed by atoms with E-state index in [-0.39, 0.29) is 33.9 Å². The number of esters is 1. The Morgan fingerprint density at radius 3 is 2.35 bits per heavy atom. The van der Waals surface area contributed by atoms with Crippen molar-refractivity contribution in [3.05, 3.63) is 57.2 Å². The zero-order chi connectivity index (χ0) is 29.3. The van der Waals surface area contributed by atoms with Gasteiger partial charge in [-0.2, -0.15) is 0 Å². The molecule has 0 saturated carbocycles. The third-order valence-corrected chi connectivity index (χ3v) is 7.53. The van der Waals surface area contributed by atoms with Crippen molar-refractivity contribution in [1.29, 1.82) is 0 Å². The highest BCUT2D eigenvalue weighted by molar-refractivity contribution is 6.39. The lowest BCUT2D eigenvalue weighted by Gasteiger charge is -2.31. The largest absolute Gasteiger partial charge is 0.469 e. The van der Waals surface area contributed by atoms with Crippen molar-refractivity contribution in [3.8, 4) is 0 Å². The van der Waals surface area contributed by atoms with Gasteiger partial charge in [0.05, 0.1) is 28.6 Å². The number of hydrogen-bond acceptors (Lipinski definition) is 6. The summed E-state index contributed by atoms with van der Waals surface area (Å²) in [5, 5.41) is 0.569. The first-order valence-electron chi connectivity index (χ1n) is 14.0. The van der Waals surface area contributed by atoms with Crippen molar-refractivity contribution in [2.75, 3.05) is 18.6 Å². The van der Waals surface area contributed by atoms with Crippen LogP contribution in [0.5, 0.6) is 0 Å². The van der Waals surface area contributed by atoms with Crippen LogP contribution in [-0.4, -0.2) is 42.1 Å². The maximum Gasteiger partial charge on any atom is 0.416 e. The molecule has 0 fully saturated rings. The van der Waals surface area contributed by atoms with Gasteiger partial charge in [-0.1, -0.05) is 61.0 Å². The maximum atomic E-state index is 12.8. The van der Waals surface area contributed by atoms with Gasteiger partial charge in [-0.3, -0.25) is 14.5 Å². The van der Waals surface area contributed by atoms with Crippen molar-refractivity contribution >= 4 is 46.9 Å². The van der Waals surface area contributed by atoms with E-state index in [0.29, 0.717) is 13.0 Å². The zero-order valence-corrected chi connectivity index (χ0v) is 25.4. The van der Waals surface area contributed by atoms with Gasteiger partial charge in [0.1, 0.15) is 11.4 Å². The summed E-state index contributed by atoms with van der Waals surface area (Å²) in [6.07, 6.45) is 7.61. The van der Waals surface area contributed by atoms with Crippen LogP contribution < -0.4 is 4.90 Å². The van der Waals surface area contributed by atoms with Gasteiger partial charge in [-0.25, -0.2) is 9.78 Å². The number of rotatable bonds is 12. The van der Waals surface area contributed by atoms with E-state index in [2.05, 4.69) is 12.1 Å². The van der Waals surface area contributed by atoms with Crippen molar-refractivity contribution in [2.24, 2.45) is 5.92 Å². The van der Waals surface area contributed by atoms with E-state index in [9.17, 15) is 14.4 Å². The molecule has 0 bridgehead atoms. The number of carbonyl (C=O) groups excluding carboxylic acids is 3. The molecule has 40 heavy (non-hydrogen) atoms. The summed E-state index contributed by atoms with van der Waals surface area (Å²) in [4.78, 5) is 44.4. The van der Waals surface area contributed by atoms with E-state index in [1.54, 1.807) is 23.1 Å². The zero-order valence-electron chi connectivity index (χ0n) is 23.9. The highest BCUT2D eigenvalue weighted by atomic mass is 35.5. The van der Waals surface area contributed by atoms with Gasteiger partial charge in [-0.05, 0) is 76.6 Å². The number of hydrogen-bond donors (Lipinski definition) is 0. The van der Waals surface area contributed by atoms with Crippen LogP contribution in [0.4, 0.5) is 10.6 Å². The fraction of sp³-hybridized carbons (Fsp3) is 0.548.